The third-order valence-corrected chi connectivity index (χ3v) is 9.51. The van der Waals surface area contributed by atoms with Gasteiger partial charge in [0.05, 0.1) is 0 Å². The molecule has 0 radical (unpaired) electrons. The molecule has 120 valence electrons. The van der Waals surface area contributed by atoms with Crippen molar-refractivity contribution in [1.82, 2.24) is 4.90 Å². The predicted octanol–water partition coefficient (Wildman–Crippen LogP) is 1.84. The zero-order valence-electron chi connectivity index (χ0n) is 13.6. The number of nitrogens with zero attached hydrogens (tertiary/aromatic N) is 1. The molecule has 2 fully saturated rings. The molecule has 0 unspecified atom stereocenters. The van der Waals surface area contributed by atoms with Gasteiger partial charge >= 0.3 is 138 Å². The number of unbranched alkanes of at least 4 members (excludes halogenated alkanes) is 4. The molecule has 1 aliphatic carbocycles. The molecule has 1 aliphatic heterocycles. The van der Waals surface area contributed by atoms with E-state index in [0.29, 0.717) is 21.2 Å². The predicted molar refractivity (Wildman–Crippen MR) is 85.1 cm³/mol. The van der Waals surface area contributed by atoms with Crippen LogP contribution in [-0.4, -0.2) is 32.4 Å². The van der Waals surface area contributed by atoms with Crippen molar-refractivity contribution in [1.29, 1.82) is 0 Å². The van der Waals surface area contributed by atoms with Gasteiger partial charge in [0.15, 0.2) is 0 Å². The van der Waals surface area contributed by atoms with Gasteiger partial charge in [-0.05, 0) is 0 Å². The Balaban J connectivity index is 1.51. The van der Waals surface area contributed by atoms with Crippen molar-refractivity contribution in [2.45, 2.75) is 91.8 Å². The van der Waals surface area contributed by atoms with E-state index in [1.165, 1.54) is 66.0 Å². The van der Waals surface area contributed by atoms with Crippen molar-refractivity contribution in [2.75, 3.05) is 19.6 Å². The molecule has 1 saturated carbocycles. The van der Waals surface area contributed by atoms with Gasteiger partial charge in [-0.1, -0.05) is 0 Å². The molecule has 0 atom stereocenters. The van der Waals surface area contributed by atoms with E-state index in [-0.39, 0.29) is 0 Å². The number of halogens is 1. The van der Waals surface area contributed by atoms with Gasteiger partial charge in [-0.25, -0.2) is 0 Å². The summed E-state index contributed by atoms with van der Waals surface area (Å²) in [6.07, 6.45) is 18.0. The van der Waals surface area contributed by atoms with E-state index in [9.17, 15) is 0 Å². The normalized spacial score (nSPS) is 23.4. The zero-order chi connectivity index (χ0) is 14.0. The van der Waals surface area contributed by atoms with E-state index in [1.54, 1.807) is 38.5 Å². The molecule has 0 aromatic heterocycles. The number of likely N-dealkylation sites (tertiary alicyclic amines) is 1. The van der Waals surface area contributed by atoms with Gasteiger partial charge in [0, 0.05) is 0 Å². The van der Waals surface area contributed by atoms with Crippen LogP contribution in [-0.2, 0) is 0 Å². The van der Waals surface area contributed by atoms with Gasteiger partial charge in [-0.15, -0.1) is 0 Å². The first-order chi connectivity index (χ1) is 9.88. The molecule has 2 heteroatoms. The zero-order valence-corrected chi connectivity index (χ0v) is 15.7. The van der Waals surface area contributed by atoms with E-state index in [4.69, 9.17) is 0 Å². The van der Waals surface area contributed by atoms with Crippen LogP contribution in [0, 0.1) is 0 Å². The second kappa shape index (κ2) is 10.4. The molecule has 1 saturated heterocycles. The van der Waals surface area contributed by atoms with Gasteiger partial charge in [-0.2, -0.15) is 0 Å². The number of alkyl halides is 2. The summed E-state index contributed by atoms with van der Waals surface area (Å²) in [6, 6.07) is 0. The van der Waals surface area contributed by atoms with Crippen LogP contribution >= 0.6 is 0 Å². The standard InChI is InChI=1S/C18H35IN/c1-2-3-4-5-9-14-20-15-12-18(13-16-20)19-17-10-7-6-8-11-17/h17-18H,2-16H2,1H3/q-1. The topological polar surface area (TPSA) is 3.24 Å². The summed E-state index contributed by atoms with van der Waals surface area (Å²) in [4.78, 5) is 2.76. The molecule has 0 bridgehead atoms. The van der Waals surface area contributed by atoms with Crippen LogP contribution in [0.5, 0.6) is 0 Å². The molecule has 0 amide bonds. The third-order valence-electron chi connectivity index (χ3n) is 4.99. The molecule has 1 heterocycles. The van der Waals surface area contributed by atoms with Crippen molar-refractivity contribution >= 4 is 0 Å². The average molecular weight is 392 g/mol. The summed E-state index contributed by atoms with van der Waals surface area (Å²) in [6.45, 7) is 6.54. The molecule has 0 aromatic rings. The summed E-state index contributed by atoms with van der Waals surface area (Å²) in [5.74, 6) is 0. The summed E-state index contributed by atoms with van der Waals surface area (Å²) < 4.78 is 2.38. The van der Waals surface area contributed by atoms with Crippen LogP contribution in [0.2, 0.25) is 0 Å². The first kappa shape index (κ1) is 17.1. The van der Waals surface area contributed by atoms with Crippen molar-refractivity contribution in [2.24, 2.45) is 0 Å². The SMILES string of the molecule is CCCCCCCN1CCC([I-]C2CCCCC2)CC1. The maximum atomic E-state index is 2.76. The Morgan fingerprint density at radius 3 is 2.15 bits per heavy atom. The van der Waals surface area contributed by atoms with E-state index in [2.05, 4.69) is 11.8 Å². The van der Waals surface area contributed by atoms with E-state index >= 15 is 0 Å². The van der Waals surface area contributed by atoms with Crippen LogP contribution in [0.4, 0.5) is 0 Å². The quantitative estimate of drug-likeness (QED) is 0.346. The molecular formula is C18H35IN-. The minimum atomic E-state index is 0.515. The van der Waals surface area contributed by atoms with Crippen LogP contribution < -0.4 is 21.2 Å². The van der Waals surface area contributed by atoms with E-state index in [1.807, 2.05) is 0 Å². The summed E-state index contributed by atoms with van der Waals surface area (Å²) in [7, 11) is 0. The number of piperidine rings is 1. The Bertz CT molecular complexity index is 230. The van der Waals surface area contributed by atoms with Crippen molar-refractivity contribution in [3.63, 3.8) is 0 Å². The molecule has 20 heavy (non-hydrogen) atoms. The summed E-state index contributed by atoms with van der Waals surface area (Å²) in [5, 5.41) is 0. The van der Waals surface area contributed by atoms with Crippen molar-refractivity contribution in [3.05, 3.63) is 0 Å². The molecular weight excluding hydrogens is 357 g/mol. The molecule has 0 aromatic carbocycles. The number of hydrogen-bond acceptors (Lipinski definition) is 1. The molecule has 2 aliphatic rings. The Morgan fingerprint density at radius 2 is 1.45 bits per heavy atom. The van der Waals surface area contributed by atoms with E-state index < -0.39 is 0 Å². The van der Waals surface area contributed by atoms with Crippen LogP contribution in [0.15, 0.2) is 0 Å². The average Bonchev–Trinajstić information content (AvgIpc) is 2.50. The fourth-order valence-electron chi connectivity index (χ4n) is 3.62. The first-order valence-corrected chi connectivity index (χ1v) is 11.7. The number of hydrogen-bond donors (Lipinski definition) is 0. The first-order valence-electron chi connectivity index (χ1n) is 9.23. The second-order valence-corrected chi connectivity index (χ2v) is 11.0. The monoisotopic (exact) mass is 392 g/mol. The summed E-state index contributed by atoms with van der Waals surface area (Å²) >= 11 is 0.515. The Labute approximate surface area is 137 Å². The molecule has 1 nitrogen and oxygen atoms in total. The third kappa shape index (κ3) is 6.64. The fourth-order valence-corrected chi connectivity index (χ4v) is 7.94. The van der Waals surface area contributed by atoms with Crippen LogP contribution in [0.3, 0.4) is 0 Å². The second-order valence-electron chi connectivity index (χ2n) is 6.79. The van der Waals surface area contributed by atoms with Gasteiger partial charge in [0.25, 0.3) is 0 Å². The van der Waals surface area contributed by atoms with E-state index in [0.717, 1.165) is 0 Å². The minimum absolute atomic E-state index is 0.515. The maximum absolute atomic E-state index is 2.76. The molecule has 0 spiro atoms. The van der Waals surface area contributed by atoms with Crippen LogP contribution in [0.25, 0.3) is 0 Å². The number of rotatable bonds is 8. The van der Waals surface area contributed by atoms with Gasteiger partial charge in [0.1, 0.15) is 0 Å². The van der Waals surface area contributed by atoms with Gasteiger partial charge < -0.3 is 0 Å². The van der Waals surface area contributed by atoms with Crippen molar-refractivity contribution in [3.8, 4) is 0 Å². The Morgan fingerprint density at radius 1 is 0.800 bits per heavy atom. The van der Waals surface area contributed by atoms with Crippen molar-refractivity contribution < 1.29 is 21.2 Å². The summed E-state index contributed by atoms with van der Waals surface area (Å²) in [5.41, 5.74) is 0. The Hall–Kier alpha value is 0.690. The van der Waals surface area contributed by atoms with Gasteiger partial charge in [0.2, 0.25) is 0 Å². The Kier molecular flexibility index (Phi) is 8.88. The molecule has 2 rings (SSSR count). The van der Waals surface area contributed by atoms with Gasteiger partial charge in [-0.3, -0.25) is 0 Å². The van der Waals surface area contributed by atoms with Crippen LogP contribution in [0.1, 0.15) is 84.0 Å². The fraction of sp³-hybridized carbons (Fsp3) is 1.00. The molecule has 0 N–H and O–H groups in total.